The monoisotopic (exact) mass is 261 g/mol. The molecule has 1 N–H and O–H groups in total. The van der Waals surface area contributed by atoms with E-state index in [4.69, 9.17) is 16.3 Å². The maximum atomic E-state index is 6.04. The normalized spacial score (nSPS) is 12.2. The number of hydrogen-bond donors (Lipinski definition) is 1. The molecule has 0 radical (unpaired) electrons. The summed E-state index contributed by atoms with van der Waals surface area (Å²) in [5.41, 5.74) is 2.34. The Hall–Kier alpha value is -1.51. The average Bonchev–Trinajstić information content (AvgIpc) is 2.42. The topological polar surface area (TPSA) is 21.3 Å². The Morgan fingerprint density at radius 2 is 1.78 bits per heavy atom. The second-order valence-electron chi connectivity index (χ2n) is 4.03. The molecule has 0 aliphatic carbocycles. The molecule has 0 spiro atoms. The highest BCUT2D eigenvalue weighted by Crippen LogP contribution is 2.30. The number of benzene rings is 2. The second kappa shape index (κ2) is 5.89. The molecular weight excluding hydrogens is 246 g/mol. The lowest BCUT2D eigenvalue weighted by atomic mass is 9.99. The molecule has 2 aromatic carbocycles. The predicted molar refractivity (Wildman–Crippen MR) is 75.3 cm³/mol. The van der Waals surface area contributed by atoms with Crippen LogP contribution in [0.1, 0.15) is 17.2 Å². The van der Waals surface area contributed by atoms with Crippen LogP contribution in [0.5, 0.6) is 5.75 Å². The summed E-state index contributed by atoms with van der Waals surface area (Å²) in [5.74, 6) is 0.699. The molecule has 1 unspecified atom stereocenters. The minimum absolute atomic E-state index is 0.136. The first-order chi connectivity index (χ1) is 8.76. The number of hydrogen-bond acceptors (Lipinski definition) is 2. The fourth-order valence-electron chi connectivity index (χ4n) is 2.03. The third-order valence-corrected chi connectivity index (χ3v) is 3.24. The molecule has 0 aliphatic rings. The zero-order valence-corrected chi connectivity index (χ0v) is 11.2. The van der Waals surface area contributed by atoms with E-state index in [0.29, 0.717) is 10.8 Å². The summed E-state index contributed by atoms with van der Waals surface area (Å²) in [6.45, 7) is 0. The maximum absolute atomic E-state index is 6.04. The Morgan fingerprint density at radius 1 is 1.06 bits per heavy atom. The van der Waals surface area contributed by atoms with Gasteiger partial charge in [-0.05, 0) is 30.3 Å². The lowest BCUT2D eigenvalue weighted by molar-refractivity contribution is 0.414. The van der Waals surface area contributed by atoms with Crippen molar-refractivity contribution in [3.63, 3.8) is 0 Å². The number of rotatable bonds is 4. The van der Waals surface area contributed by atoms with Crippen molar-refractivity contribution in [2.45, 2.75) is 6.04 Å². The van der Waals surface area contributed by atoms with Crippen molar-refractivity contribution in [3.05, 3.63) is 64.7 Å². The van der Waals surface area contributed by atoms with Gasteiger partial charge in [0.05, 0.1) is 18.2 Å². The molecule has 0 saturated heterocycles. The van der Waals surface area contributed by atoms with Gasteiger partial charge in [0.25, 0.3) is 0 Å². The van der Waals surface area contributed by atoms with Crippen molar-refractivity contribution < 1.29 is 4.74 Å². The van der Waals surface area contributed by atoms with Crippen molar-refractivity contribution in [1.29, 1.82) is 0 Å². The number of nitrogens with one attached hydrogen (secondary N) is 1. The van der Waals surface area contributed by atoms with Crippen molar-refractivity contribution in [2.24, 2.45) is 0 Å². The summed E-state index contributed by atoms with van der Waals surface area (Å²) in [7, 11) is 3.57. The summed E-state index contributed by atoms with van der Waals surface area (Å²) < 4.78 is 5.26. The summed E-state index contributed by atoms with van der Waals surface area (Å²) in [6.07, 6.45) is 0. The Morgan fingerprint density at radius 3 is 2.39 bits per heavy atom. The van der Waals surface area contributed by atoms with E-state index in [-0.39, 0.29) is 6.04 Å². The molecule has 0 bridgehead atoms. The van der Waals surface area contributed by atoms with E-state index in [2.05, 4.69) is 17.4 Å². The molecule has 1 atom stereocenters. The Balaban J connectivity index is 2.39. The highest BCUT2D eigenvalue weighted by molar-refractivity contribution is 6.32. The van der Waals surface area contributed by atoms with Crippen LogP contribution in [-0.4, -0.2) is 14.2 Å². The third kappa shape index (κ3) is 2.66. The van der Waals surface area contributed by atoms with Gasteiger partial charge >= 0.3 is 0 Å². The minimum atomic E-state index is 0.136. The molecule has 0 saturated carbocycles. The first-order valence-electron chi connectivity index (χ1n) is 5.82. The molecule has 0 aliphatic heterocycles. The van der Waals surface area contributed by atoms with Gasteiger partial charge in [-0.25, -0.2) is 0 Å². The fraction of sp³-hybridized carbons (Fsp3) is 0.200. The largest absolute Gasteiger partial charge is 0.495 e. The van der Waals surface area contributed by atoms with Crippen molar-refractivity contribution >= 4 is 11.6 Å². The highest BCUT2D eigenvalue weighted by atomic mass is 35.5. The summed E-state index contributed by atoms with van der Waals surface area (Å²) >= 11 is 6.04. The highest BCUT2D eigenvalue weighted by Gasteiger charge is 2.13. The number of ether oxygens (including phenoxy) is 1. The zero-order chi connectivity index (χ0) is 13.0. The van der Waals surface area contributed by atoms with E-state index in [0.717, 1.165) is 5.56 Å². The number of halogens is 1. The molecule has 2 aromatic rings. The number of methoxy groups -OCH3 is 1. The van der Waals surface area contributed by atoms with E-state index < -0.39 is 0 Å². The van der Waals surface area contributed by atoms with Crippen LogP contribution in [0.2, 0.25) is 5.02 Å². The zero-order valence-electron chi connectivity index (χ0n) is 10.5. The minimum Gasteiger partial charge on any atom is -0.495 e. The molecule has 18 heavy (non-hydrogen) atoms. The molecule has 94 valence electrons. The first kappa shape index (κ1) is 12.9. The molecule has 2 nitrogen and oxygen atoms in total. The third-order valence-electron chi connectivity index (χ3n) is 2.93. The lowest BCUT2D eigenvalue weighted by Crippen LogP contribution is -2.17. The molecule has 3 heteroatoms. The van der Waals surface area contributed by atoms with E-state index in [9.17, 15) is 0 Å². The molecule has 0 heterocycles. The van der Waals surface area contributed by atoms with Crippen LogP contribution < -0.4 is 10.1 Å². The molecule has 2 rings (SSSR count). The van der Waals surface area contributed by atoms with Crippen LogP contribution in [0.3, 0.4) is 0 Å². The van der Waals surface area contributed by atoms with Gasteiger partial charge in [0.1, 0.15) is 5.75 Å². The Labute approximate surface area is 113 Å². The Kier molecular flexibility index (Phi) is 4.24. The van der Waals surface area contributed by atoms with Crippen LogP contribution in [0.25, 0.3) is 0 Å². The summed E-state index contributed by atoms with van der Waals surface area (Å²) in [4.78, 5) is 0. The van der Waals surface area contributed by atoms with E-state index in [1.165, 1.54) is 5.56 Å². The van der Waals surface area contributed by atoms with E-state index in [1.54, 1.807) is 7.11 Å². The van der Waals surface area contributed by atoms with Crippen LogP contribution in [0.4, 0.5) is 0 Å². The van der Waals surface area contributed by atoms with Gasteiger partial charge < -0.3 is 10.1 Å². The summed E-state index contributed by atoms with van der Waals surface area (Å²) in [6, 6.07) is 16.3. The predicted octanol–water partition coefficient (Wildman–Crippen LogP) is 3.66. The van der Waals surface area contributed by atoms with Crippen molar-refractivity contribution in [2.75, 3.05) is 14.2 Å². The quantitative estimate of drug-likeness (QED) is 0.907. The molecular formula is C15H16ClNO. The fourth-order valence-corrected chi connectivity index (χ4v) is 2.22. The van der Waals surface area contributed by atoms with Gasteiger partial charge in [0, 0.05) is 0 Å². The first-order valence-corrected chi connectivity index (χ1v) is 6.19. The van der Waals surface area contributed by atoms with E-state index in [1.807, 2.05) is 43.4 Å². The van der Waals surface area contributed by atoms with E-state index >= 15 is 0 Å². The van der Waals surface area contributed by atoms with Gasteiger partial charge in [-0.1, -0.05) is 48.0 Å². The molecule has 0 fully saturated rings. The molecule has 0 aromatic heterocycles. The second-order valence-corrected chi connectivity index (χ2v) is 4.43. The summed E-state index contributed by atoms with van der Waals surface area (Å²) in [5, 5.41) is 3.94. The average molecular weight is 262 g/mol. The van der Waals surface area contributed by atoms with Gasteiger partial charge in [0.2, 0.25) is 0 Å². The van der Waals surface area contributed by atoms with Crippen molar-refractivity contribution in [3.8, 4) is 5.75 Å². The van der Waals surface area contributed by atoms with Crippen LogP contribution in [0, 0.1) is 0 Å². The Bertz CT molecular complexity index is 513. The molecule has 0 amide bonds. The maximum Gasteiger partial charge on any atom is 0.137 e. The lowest BCUT2D eigenvalue weighted by Gasteiger charge is -2.18. The van der Waals surface area contributed by atoms with Crippen molar-refractivity contribution in [1.82, 2.24) is 5.32 Å². The van der Waals surface area contributed by atoms with Gasteiger partial charge in [-0.3, -0.25) is 0 Å². The smallest absolute Gasteiger partial charge is 0.137 e. The van der Waals surface area contributed by atoms with Gasteiger partial charge in [-0.15, -0.1) is 0 Å². The van der Waals surface area contributed by atoms with Gasteiger partial charge in [0.15, 0.2) is 0 Å². The van der Waals surface area contributed by atoms with Crippen LogP contribution in [-0.2, 0) is 0 Å². The van der Waals surface area contributed by atoms with Gasteiger partial charge in [-0.2, -0.15) is 0 Å². The standard InChI is InChI=1S/C15H16ClNO/c1-17-15(11-6-4-3-5-7-11)12-8-9-13(16)14(10-12)18-2/h3-10,15,17H,1-2H3. The van der Waals surface area contributed by atoms with Crippen LogP contribution >= 0.6 is 11.6 Å². The van der Waals surface area contributed by atoms with Crippen LogP contribution in [0.15, 0.2) is 48.5 Å². The SMILES string of the molecule is CNC(c1ccccc1)c1ccc(Cl)c(OC)c1.